The normalized spacial score (nSPS) is 16.1. The van der Waals surface area contributed by atoms with Crippen LogP contribution in [0.25, 0.3) is 0 Å². The molecule has 2 rings (SSSR count). The highest BCUT2D eigenvalue weighted by atomic mass is 16.6. The van der Waals surface area contributed by atoms with Gasteiger partial charge in [0.1, 0.15) is 6.61 Å². The molecule has 20 heavy (non-hydrogen) atoms. The van der Waals surface area contributed by atoms with Gasteiger partial charge in [0.05, 0.1) is 4.92 Å². The molecule has 1 aliphatic heterocycles. The zero-order valence-electron chi connectivity index (χ0n) is 11.6. The highest BCUT2D eigenvalue weighted by Crippen LogP contribution is 2.27. The van der Waals surface area contributed by atoms with E-state index < -0.39 is 4.92 Å². The molecule has 0 spiro atoms. The first kappa shape index (κ1) is 14.7. The molecular weight excluding hydrogens is 258 g/mol. The minimum Gasteiger partial charge on any atom is -0.485 e. The number of hydrogen-bond donors (Lipinski definition) is 1. The van der Waals surface area contributed by atoms with E-state index in [0.717, 1.165) is 25.2 Å². The van der Waals surface area contributed by atoms with E-state index in [4.69, 9.17) is 10.5 Å². The average Bonchev–Trinajstić information content (AvgIpc) is 2.48. The van der Waals surface area contributed by atoms with Crippen molar-refractivity contribution in [2.75, 3.05) is 26.2 Å². The Morgan fingerprint density at radius 2 is 2.05 bits per heavy atom. The van der Waals surface area contributed by atoms with Crippen molar-refractivity contribution in [1.29, 1.82) is 0 Å². The van der Waals surface area contributed by atoms with Gasteiger partial charge in [-0.1, -0.05) is 12.5 Å². The van der Waals surface area contributed by atoms with Crippen molar-refractivity contribution in [3.8, 4) is 5.75 Å². The molecule has 0 radical (unpaired) electrons. The Hall–Kier alpha value is -1.66. The number of nitro benzene ring substituents is 1. The second kappa shape index (κ2) is 7.21. The molecule has 0 amide bonds. The Balaban J connectivity index is 1.92. The summed E-state index contributed by atoms with van der Waals surface area (Å²) in [5, 5.41) is 11.0. The molecule has 0 aliphatic carbocycles. The minimum atomic E-state index is -0.421. The van der Waals surface area contributed by atoms with Crippen molar-refractivity contribution in [3.63, 3.8) is 0 Å². The Bertz CT molecular complexity index is 459. The molecule has 1 fully saturated rings. The number of piperidine rings is 1. The molecule has 1 heterocycles. The predicted molar refractivity (Wildman–Crippen MR) is 76.8 cm³/mol. The van der Waals surface area contributed by atoms with Crippen LogP contribution in [0.5, 0.6) is 5.75 Å². The lowest BCUT2D eigenvalue weighted by Crippen LogP contribution is -2.33. The van der Waals surface area contributed by atoms with E-state index in [1.807, 2.05) is 0 Å². The molecule has 0 saturated carbocycles. The first-order valence-corrected chi connectivity index (χ1v) is 7.03. The van der Waals surface area contributed by atoms with Crippen molar-refractivity contribution in [2.45, 2.75) is 25.8 Å². The van der Waals surface area contributed by atoms with Gasteiger partial charge in [-0.25, -0.2) is 0 Å². The highest BCUT2D eigenvalue weighted by molar-refractivity contribution is 5.48. The molecule has 6 nitrogen and oxygen atoms in total. The van der Waals surface area contributed by atoms with E-state index in [2.05, 4.69) is 4.90 Å². The van der Waals surface area contributed by atoms with Gasteiger partial charge in [-0.2, -0.15) is 0 Å². The van der Waals surface area contributed by atoms with Crippen molar-refractivity contribution in [1.82, 2.24) is 4.90 Å². The summed E-state index contributed by atoms with van der Waals surface area (Å²) in [7, 11) is 0. The maximum atomic E-state index is 11.0. The zero-order chi connectivity index (χ0) is 14.4. The van der Waals surface area contributed by atoms with Crippen LogP contribution in [0.15, 0.2) is 18.2 Å². The first-order chi connectivity index (χ1) is 9.70. The lowest BCUT2D eigenvalue weighted by Gasteiger charge is -2.26. The van der Waals surface area contributed by atoms with E-state index >= 15 is 0 Å². The number of nitrogens with two attached hydrogens (primary N) is 1. The number of likely N-dealkylation sites (tertiary alicyclic amines) is 1. The van der Waals surface area contributed by atoms with Gasteiger partial charge in [-0.15, -0.1) is 0 Å². The fourth-order valence-electron chi connectivity index (χ4n) is 2.42. The summed E-state index contributed by atoms with van der Waals surface area (Å²) >= 11 is 0. The molecule has 0 aromatic heterocycles. The number of nitro groups is 1. The standard InChI is InChI=1S/C14H21N3O3/c15-11-12-4-5-14(13(10-12)17(18)19)20-9-8-16-6-2-1-3-7-16/h4-5,10H,1-3,6-9,11,15H2. The van der Waals surface area contributed by atoms with E-state index in [-0.39, 0.29) is 12.2 Å². The Morgan fingerprint density at radius 1 is 1.30 bits per heavy atom. The summed E-state index contributed by atoms with van der Waals surface area (Å²) in [4.78, 5) is 12.9. The maximum Gasteiger partial charge on any atom is 0.311 e. The minimum absolute atomic E-state index is 0.00778. The molecule has 1 saturated heterocycles. The molecule has 110 valence electrons. The van der Waals surface area contributed by atoms with E-state index in [1.165, 1.54) is 25.3 Å². The Kier molecular flexibility index (Phi) is 5.31. The summed E-state index contributed by atoms with van der Waals surface area (Å²) < 4.78 is 5.58. The average molecular weight is 279 g/mol. The first-order valence-electron chi connectivity index (χ1n) is 7.03. The van der Waals surface area contributed by atoms with Crippen LogP contribution in [0.4, 0.5) is 5.69 Å². The molecule has 1 aliphatic rings. The molecule has 1 aromatic carbocycles. The van der Waals surface area contributed by atoms with Gasteiger partial charge in [-0.3, -0.25) is 15.0 Å². The van der Waals surface area contributed by atoms with Crippen LogP contribution >= 0.6 is 0 Å². The van der Waals surface area contributed by atoms with Gasteiger partial charge < -0.3 is 10.5 Å². The Labute approximate surface area is 118 Å². The molecule has 1 aromatic rings. The van der Waals surface area contributed by atoms with Gasteiger partial charge in [0.25, 0.3) is 0 Å². The summed E-state index contributed by atoms with van der Waals surface area (Å²) in [6, 6.07) is 4.88. The van der Waals surface area contributed by atoms with Crippen LogP contribution in [-0.4, -0.2) is 36.1 Å². The van der Waals surface area contributed by atoms with Crippen molar-refractivity contribution in [2.24, 2.45) is 5.73 Å². The number of benzene rings is 1. The summed E-state index contributed by atoms with van der Waals surface area (Å²) in [5.74, 6) is 0.323. The van der Waals surface area contributed by atoms with Crippen molar-refractivity contribution >= 4 is 5.69 Å². The summed E-state index contributed by atoms with van der Waals surface area (Å²) in [6.07, 6.45) is 3.75. The highest BCUT2D eigenvalue weighted by Gasteiger charge is 2.16. The van der Waals surface area contributed by atoms with Crippen LogP contribution in [-0.2, 0) is 6.54 Å². The van der Waals surface area contributed by atoms with Crippen LogP contribution in [0.3, 0.4) is 0 Å². The lowest BCUT2D eigenvalue weighted by atomic mass is 10.1. The molecular formula is C14H21N3O3. The van der Waals surface area contributed by atoms with Crippen molar-refractivity contribution < 1.29 is 9.66 Å². The van der Waals surface area contributed by atoms with Gasteiger partial charge in [0.2, 0.25) is 0 Å². The molecule has 2 N–H and O–H groups in total. The van der Waals surface area contributed by atoms with Gasteiger partial charge in [0.15, 0.2) is 5.75 Å². The second-order valence-corrected chi connectivity index (χ2v) is 5.01. The van der Waals surface area contributed by atoms with E-state index in [0.29, 0.717) is 12.4 Å². The molecule has 0 bridgehead atoms. The quantitative estimate of drug-likeness (QED) is 0.635. The van der Waals surface area contributed by atoms with Gasteiger partial charge in [0, 0.05) is 19.2 Å². The maximum absolute atomic E-state index is 11.0. The third-order valence-corrected chi connectivity index (χ3v) is 3.57. The molecule has 0 unspecified atom stereocenters. The number of nitrogens with zero attached hydrogens (tertiary/aromatic N) is 2. The predicted octanol–water partition coefficient (Wildman–Crippen LogP) is 1.92. The van der Waals surface area contributed by atoms with Crippen LogP contribution in [0, 0.1) is 10.1 Å². The zero-order valence-corrected chi connectivity index (χ0v) is 11.6. The second-order valence-electron chi connectivity index (χ2n) is 5.01. The smallest absolute Gasteiger partial charge is 0.311 e. The fraction of sp³-hybridized carbons (Fsp3) is 0.571. The van der Waals surface area contributed by atoms with Crippen LogP contribution in [0.1, 0.15) is 24.8 Å². The number of rotatable bonds is 6. The summed E-state index contributed by atoms with van der Waals surface area (Å²) in [5.41, 5.74) is 6.22. The number of ether oxygens (including phenoxy) is 1. The van der Waals surface area contributed by atoms with Gasteiger partial charge >= 0.3 is 5.69 Å². The lowest BCUT2D eigenvalue weighted by molar-refractivity contribution is -0.385. The number of hydrogen-bond acceptors (Lipinski definition) is 5. The monoisotopic (exact) mass is 279 g/mol. The van der Waals surface area contributed by atoms with Crippen molar-refractivity contribution in [3.05, 3.63) is 33.9 Å². The van der Waals surface area contributed by atoms with E-state index in [9.17, 15) is 10.1 Å². The van der Waals surface area contributed by atoms with E-state index in [1.54, 1.807) is 12.1 Å². The summed E-state index contributed by atoms with van der Waals surface area (Å²) in [6.45, 7) is 3.77. The molecule has 0 atom stereocenters. The van der Waals surface area contributed by atoms with Crippen LogP contribution in [0.2, 0.25) is 0 Å². The molecule has 6 heteroatoms. The van der Waals surface area contributed by atoms with Gasteiger partial charge in [-0.05, 0) is 37.6 Å². The van der Waals surface area contributed by atoms with Crippen LogP contribution < -0.4 is 10.5 Å². The largest absolute Gasteiger partial charge is 0.485 e. The topological polar surface area (TPSA) is 81.6 Å². The third-order valence-electron chi connectivity index (χ3n) is 3.57. The Morgan fingerprint density at radius 3 is 2.70 bits per heavy atom. The fourth-order valence-corrected chi connectivity index (χ4v) is 2.42. The SMILES string of the molecule is NCc1ccc(OCCN2CCCCC2)c([N+](=O)[O-])c1. The third kappa shape index (κ3) is 3.91.